The minimum atomic E-state index is -0.694. The van der Waals surface area contributed by atoms with Crippen molar-refractivity contribution in [2.75, 3.05) is 19.6 Å². The standard InChI is InChI=1S/C28H30N4O2S/c1-2-31-27(34)32(23-16-21-10-6-7-11-22(21)17-23)26(33)28(31)12-14-30(15-13-28)19-24-18-29-25(35-24)20-8-4-3-5-9-20/h3-11,18,23H,2,12-17,19H2,1H3. The number of likely N-dealkylation sites (tertiary alicyclic amines) is 1. The van der Waals surface area contributed by atoms with Crippen molar-refractivity contribution in [3.63, 3.8) is 0 Å². The van der Waals surface area contributed by atoms with Gasteiger partial charge < -0.3 is 4.90 Å². The first kappa shape index (κ1) is 22.4. The van der Waals surface area contributed by atoms with Gasteiger partial charge in [-0.3, -0.25) is 14.6 Å². The SMILES string of the molecule is CCN1C(=O)N(C2Cc3ccccc3C2)C(=O)C12CCN(Cc1cnc(-c3ccccc3)s1)CC2. The van der Waals surface area contributed by atoms with Gasteiger partial charge >= 0.3 is 6.03 Å². The lowest BCUT2D eigenvalue weighted by molar-refractivity contribution is -0.137. The molecule has 0 radical (unpaired) electrons. The quantitative estimate of drug-likeness (QED) is 0.495. The molecule has 2 aliphatic heterocycles. The molecule has 3 aliphatic rings. The van der Waals surface area contributed by atoms with Crippen molar-refractivity contribution in [1.29, 1.82) is 0 Å². The van der Waals surface area contributed by atoms with E-state index in [1.165, 1.54) is 16.0 Å². The summed E-state index contributed by atoms with van der Waals surface area (Å²) < 4.78 is 0. The number of rotatable bonds is 5. The second-order valence-electron chi connectivity index (χ2n) is 9.84. The van der Waals surface area contributed by atoms with Crippen LogP contribution in [0.5, 0.6) is 0 Å². The molecule has 0 N–H and O–H groups in total. The van der Waals surface area contributed by atoms with Crippen LogP contribution in [0.25, 0.3) is 10.6 Å². The van der Waals surface area contributed by atoms with E-state index in [-0.39, 0.29) is 18.0 Å². The number of hydrogen-bond donors (Lipinski definition) is 0. The molecule has 6 rings (SSSR count). The van der Waals surface area contributed by atoms with E-state index in [1.807, 2.05) is 48.4 Å². The Kier molecular flexibility index (Phi) is 5.69. The lowest BCUT2D eigenvalue weighted by Crippen LogP contribution is -2.56. The fourth-order valence-corrected chi connectivity index (χ4v) is 7.06. The Morgan fingerprint density at radius 3 is 2.29 bits per heavy atom. The first-order chi connectivity index (χ1) is 17.1. The Morgan fingerprint density at radius 1 is 0.971 bits per heavy atom. The Morgan fingerprint density at radius 2 is 1.63 bits per heavy atom. The fourth-order valence-electron chi connectivity index (χ4n) is 6.10. The van der Waals surface area contributed by atoms with Crippen LogP contribution in [0, 0.1) is 0 Å². The topological polar surface area (TPSA) is 56.8 Å². The van der Waals surface area contributed by atoms with Gasteiger partial charge in [-0.15, -0.1) is 11.3 Å². The van der Waals surface area contributed by atoms with Crippen LogP contribution < -0.4 is 0 Å². The number of hydrogen-bond acceptors (Lipinski definition) is 5. The summed E-state index contributed by atoms with van der Waals surface area (Å²) in [5, 5.41) is 1.04. The van der Waals surface area contributed by atoms with Crippen LogP contribution in [0.15, 0.2) is 60.8 Å². The zero-order valence-electron chi connectivity index (χ0n) is 20.0. The molecule has 2 fully saturated rings. The molecule has 3 heterocycles. The highest BCUT2D eigenvalue weighted by Crippen LogP contribution is 2.40. The van der Waals surface area contributed by atoms with Gasteiger partial charge in [0.15, 0.2) is 0 Å². The highest BCUT2D eigenvalue weighted by atomic mass is 32.1. The van der Waals surface area contributed by atoms with E-state index < -0.39 is 5.54 Å². The molecule has 1 aromatic heterocycles. The summed E-state index contributed by atoms with van der Waals surface area (Å²) in [6.07, 6.45) is 4.88. The van der Waals surface area contributed by atoms with E-state index in [0.717, 1.165) is 43.0 Å². The van der Waals surface area contributed by atoms with E-state index in [0.29, 0.717) is 19.4 Å². The number of fused-ring (bicyclic) bond motifs is 1. The molecule has 7 heteroatoms. The van der Waals surface area contributed by atoms with Gasteiger partial charge in [0.05, 0.1) is 0 Å². The average Bonchev–Trinajstić information content (AvgIpc) is 3.57. The summed E-state index contributed by atoms with van der Waals surface area (Å²) in [7, 11) is 0. The monoisotopic (exact) mass is 486 g/mol. The predicted octanol–water partition coefficient (Wildman–Crippen LogP) is 4.60. The Labute approximate surface area is 210 Å². The summed E-state index contributed by atoms with van der Waals surface area (Å²) >= 11 is 1.73. The van der Waals surface area contributed by atoms with Crippen LogP contribution in [-0.2, 0) is 24.2 Å². The molecule has 6 nitrogen and oxygen atoms in total. The Hall–Kier alpha value is -3.03. The summed E-state index contributed by atoms with van der Waals surface area (Å²) in [4.78, 5) is 39.0. The van der Waals surface area contributed by atoms with Crippen molar-refractivity contribution in [2.24, 2.45) is 0 Å². The molecule has 180 valence electrons. The summed E-state index contributed by atoms with van der Waals surface area (Å²) in [6, 6.07) is 18.4. The Balaban J connectivity index is 1.15. The number of piperidine rings is 1. The van der Waals surface area contributed by atoms with Crippen molar-refractivity contribution in [2.45, 2.75) is 50.7 Å². The lowest BCUT2D eigenvalue weighted by Gasteiger charge is -2.41. The third-order valence-corrected chi connectivity index (χ3v) is 8.95. The first-order valence-corrected chi connectivity index (χ1v) is 13.4. The number of likely N-dealkylation sites (N-methyl/N-ethyl adjacent to an activating group) is 1. The molecule has 35 heavy (non-hydrogen) atoms. The van der Waals surface area contributed by atoms with Gasteiger partial charge in [-0.05, 0) is 43.7 Å². The highest BCUT2D eigenvalue weighted by Gasteiger charge is 2.59. The zero-order valence-corrected chi connectivity index (χ0v) is 20.8. The summed E-state index contributed by atoms with van der Waals surface area (Å²) in [6.45, 7) is 4.99. The molecular weight excluding hydrogens is 456 g/mol. The van der Waals surface area contributed by atoms with Crippen molar-refractivity contribution in [3.05, 3.63) is 76.8 Å². The lowest BCUT2D eigenvalue weighted by atomic mass is 9.85. The second-order valence-corrected chi connectivity index (χ2v) is 11.0. The van der Waals surface area contributed by atoms with Crippen LogP contribution in [0.3, 0.4) is 0 Å². The molecule has 3 aromatic rings. The van der Waals surface area contributed by atoms with Gasteiger partial charge in [0.25, 0.3) is 5.91 Å². The molecule has 0 bridgehead atoms. The van der Waals surface area contributed by atoms with Gasteiger partial charge in [-0.25, -0.2) is 9.78 Å². The maximum atomic E-state index is 13.9. The number of carbonyl (C=O) groups excluding carboxylic acids is 2. The van der Waals surface area contributed by atoms with Gasteiger partial charge in [-0.1, -0.05) is 54.6 Å². The van der Waals surface area contributed by atoms with E-state index >= 15 is 0 Å². The molecular formula is C28H30N4O2S. The number of nitrogens with zero attached hydrogens (tertiary/aromatic N) is 4. The minimum Gasteiger partial charge on any atom is -0.310 e. The van der Waals surface area contributed by atoms with Crippen LogP contribution in [0.2, 0.25) is 0 Å². The van der Waals surface area contributed by atoms with Crippen LogP contribution in [-0.4, -0.2) is 62.8 Å². The molecule has 0 unspecified atom stereocenters. The molecule has 2 saturated heterocycles. The highest BCUT2D eigenvalue weighted by molar-refractivity contribution is 7.15. The third kappa shape index (κ3) is 3.78. The normalized spacial score (nSPS) is 20.3. The van der Waals surface area contributed by atoms with Crippen molar-refractivity contribution < 1.29 is 9.59 Å². The number of aromatic nitrogens is 1. The maximum Gasteiger partial charge on any atom is 0.327 e. The van der Waals surface area contributed by atoms with Crippen molar-refractivity contribution in [1.82, 2.24) is 19.7 Å². The van der Waals surface area contributed by atoms with Crippen LogP contribution in [0.4, 0.5) is 4.79 Å². The van der Waals surface area contributed by atoms with Gasteiger partial charge in [0, 0.05) is 48.9 Å². The smallest absolute Gasteiger partial charge is 0.310 e. The number of urea groups is 1. The molecule has 3 amide bonds. The number of carbonyl (C=O) groups is 2. The van der Waals surface area contributed by atoms with Crippen LogP contribution in [0.1, 0.15) is 35.8 Å². The van der Waals surface area contributed by atoms with Gasteiger partial charge in [-0.2, -0.15) is 0 Å². The van der Waals surface area contributed by atoms with Gasteiger partial charge in [0.1, 0.15) is 10.5 Å². The van der Waals surface area contributed by atoms with Crippen LogP contribution >= 0.6 is 11.3 Å². The number of thiazole rings is 1. The largest absolute Gasteiger partial charge is 0.327 e. The Bertz CT molecular complexity index is 1220. The molecule has 2 aromatic carbocycles. The zero-order chi connectivity index (χ0) is 24.0. The third-order valence-electron chi connectivity index (χ3n) is 7.92. The molecule has 0 atom stereocenters. The summed E-state index contributed by atoms with van der Waals surface area (Å²) in [5.74, 6) is 0.0194. The maximum absolute atomic E-state index is 13.9. The van der Waals surface area contributed by atoms with Crippen molar-refractivity contribution >= 4 is 23.3 Å². The molecule has 1 aliphatic carbocycles. The van der Waals surface area contributed by atoms with E-state index in [2.05, 4.69) is 34.1 Å². The summed E-state index contributed by atoms with van der Waals surface area (Å²) in [5.41, 5.74) is 2.97. The second kappa shape index (κ2) is 8.88. The molecule has 0 saturated carbocycles. The van der Waals surface area contributed by atoms with Gasteiger partial charge in [0.2, 0.25) is 0 Å². The number of imide groups is 1. The fraction of sp³-hybridized carbons (Fsp3) is 0.393. The molecule has 1 spiro atoms. The first-order valence-electron chi connectivity index (χ1n) is 12.5. The number of benzene rings is 2. The van der Waals surface area contributed by atoms with E-state index in [9.17, 15) is 9.59 Å². The van der Waals surface area contributed by atoms with E-state index in [1.54, 1.807) is 16.2 Å². The average molecular weight is 487 g/mol. The predicted molar refractivity (Wildman–Crippen MR) is 137 cm³/mol. The minimum absolute atomic E-state index is 0.0194. The number of amides is 3. The van der Waals surface area contributed by atoms with Crippen molar-refractivity contribution in [3.8, 4) is 10.6 Å². The van der Waals surface area contributed by atoms with E-state index in [4.69, 9.17) is 0 Å².